The number of nitrogens with zero attached hydrogens (tertiary/aromatic N) is 1. The van der Waals surface area contributed by atoms with Gasteiger partial charge in [-0.25, -0.2) is 0 Å². The summed E-state index contributed by atoms with van der Waals surface area (Å²) in [5, 5.41) is 11.2. The van der Waals surface area contributed by atoms with Crippen LogP contribution in [0.15, 0.2) is 36.7 Å². The predicted molar refractivity (Wildman–Crippen MR) is 71.3 cm³/mol. The second-order valence-corrected chi connectivity index (χ2v) is 4.47. The van der Waals surface area contributed by atoms with Gasteiger partial charge in [-0.1, -0.05) is 29.3 Å². The second-order valence-electron chi connectivity index (χ2n) is 3.66. The van der Waals surface area contributed by atoms with E-state index in [4.69, 9.17) is 27.9 Å². The minimum atomic E-state index is -0.977. The van der Waals surface area contributed by atoms with Gasteiger partial charge in [0.25, 0.3) is 0 Å². The third kappa shape index (κ3) is 2.43. The summed E-state index contributed by atoms with van der Waals surface area (Å²) < 4.78 is 5.18. The van der Waals surface area contributed by atoms with E-state index in [2.05, 4.69) is 4.98 Å². The molecule has 0 aliphatic carbocycles. The topological polar surface area (TPSA) is 42.4 Å². The first-order valence-electron chi connectivity index (χ1n) is 5.25. The number of methoxy groups -OCH3 is 1. The zero-order valence-corrected chi connectivity index (χ0v) is 11.1. The molecule has 1 aromatic heterocycles. The molecule has 0 aliphatic rings. The average molecular weight is 284 g/mol. The third-order valence-corrected chi connectivity index (χ3v) is 3.26. The van der Waals surface area contributed by atoms with Gasteiger partial charge in [0.2, 0.25) is 0 Å². The van der Waals surface area contributed by atoms with E-state index in [0.717, 1.165) is 0 Å². The van der Waals surface area contributed by atoms with E-state index in [-0.39, 0.29) is 0 Å². The number of rotatable bonds is 3. The normalized spacial score (nSPS) is 12.2. The Kier molecular flexibility index (Phi) is 4.07. The highest BCUT2D eigenvalue weighted by Gasteiger charge is 2.20. The Morgan fingerprint density at radius 3 is 2.50 bits per heavy atom. The SMILES string of the molecule is COc1ccncc1C(O)c1c(Cl)cccc1Cl. The molecule has 0 aliphatic heterocycles. The molecule has 1 aromatic carbocycles. The van der Waals surface area contributed by atoms with Crippen LogP contribution in [0.3, 0.4) is 0 Å². The Bertz CT molecular complexity index is 540. The van der Waals surface area contributed by atoms with Crippen LogP contribution in [0.5, 0.6) is 5.75 Å². The van der Waals surface area contributed by atoms with Crippen molar-refractivity contribution in [1.29, 1.82) is 0 Å². The second kappa shape index (κ2) is 5.57. The first-order chi connectivity index (χ1) is 8.65. The van der Waals surface area contributed by atoms with E-state index in [0.29, 0.717) is 26.9 Å². The Labute approximate surface area is 115 Å². The summed E-state index contributed by atoms with van der Waals surface area (Å²) in [6.07, 6.45) is 2.14. The maximum atomic E-state index is 10.4. The van der Waals surface area contributed by atoms with Crippen LogP contribution >= 0.6 is 23.2 Å². The van der Waals surface area contributed by atoms with Gasteiger partial charge in [-0.3, -0.25) is 4.98 Å². The summed E-state index contributed by atoms with van der Waals surface area (Å²) in [5.41, 5.74) is 0.974. The molecular formula is C13H11Cl2NO2. The van der Waals surface area contributed by atoms with Crippen LogP contribution in [0.4, 0.5) is 0 Å². The molecule has 5 heteroatoms. The molecule has 2 aromatic rings. The van der Waals surface area contributed by atoms with E-state index in [1.54, 1.807) is 30.5 Å². The van der Waals surface area contributed by atoms with Crippen LogP contribution in [-0.4, -0.2) is 17.2 Å². The van der Waals surface area contributed by atoms with Crippen molar-refractivity contribution in [2.75, 3.05) is 7.11 Å². The highest BCUT2D eigenvalue weighted by Crippen LogP contribution is 2.36. The van der Waals surface area contributed by atoms with E-state index >= 15 is 0 Å². The Morgan fingerprint density at radius 1 is 1.22 bits per heavy atom. The maximum absolute atomic E-state index is 10.4. The van der Waals surface area contributed by atoms with Crippen LogP contribution in [0.25, 0.3) is 0 Å². The first-order valence-corrected chi connectivity index (χ1v) is 6.00. The van der Waals surface area contributed by atoms with Crippen LogP contribution in [-0.2, 0) is 0 Å². The highest BCUT2D eigenvalue weighted by atomic mass is 35.5. The lowest BCUT2D eigenvalue weighted by atomic mass is 10.0. The number of ether oxygens (including phenoxy) is 1. The molecule has 0 saturated carbocycles. The van der Waals surface area contributed by atoms with E-state index < -0.39 is 6.10 Å². The number of hydrogen-bond donors (Lipinski definition) is 1. The number of hydrogen-bond acceptors (Lipinski definition) is 3. The third-order valence-electron chi connectivity index (χ3n) is 2.60. The van der Waals surface area contributed by atoms with Gasteiger partial charge in [-0.2, -0.15) is 0 Å². The van der Waals surface area contributed by atoms with Crippen LogP contribution in [0, 0.1) is 0 Å². The lowest BCUT2D eigenvalue weighted by Crippen LogP contribution is -2.04. The van der Waals surface area contributed by atoms with Crippen molar-refractivity contribution in [2.45, 2.75) is 6.10 Å². The number of aliphatic hydroxyl groups excluding tert-OH is 1. The van der Waals surface area contributed by atoms with Gasteiger partial charge < -0.3 is 9.84 Å². The summed E-state index contributed by atoms with van der Waals surface area (Å²) in [4.78, 5) is 3.97. The summed E-state index contributed by atoms with van der Waals surface area (Å²) in [5.74, 6) is 0.536. The van der Waals surface area contributed by atoms with Gasteiger partial charge in [-0.15, -0.1) is 0 Å². The van der Waals surface area contributed by atoms with Crippen molar-refractivity contribution < 1.29 is 9.84 Å². The summed E-state index contributed by atoms with van der Waals surface area (Å²) in [7, 11) is 1.53. The lowest BCUT2D eigenvalue weighted by molar-refractivity contribution is 0.214. The maximum Gasteiger partial charge on any atom is 0.128 e. The number of aromatic nitrogens is 1. The first kappa shape index (κ1) is 13.1. The molecule has 2 rings (SSSR count). The van der Waals surface area contributed by atoms with Gasteiger partial charge in [0, 0.05) is 33.6 Å². The van der Waals surface area contributed by atoms with E-state index in [1.807, 2.05) is 0 Å². The van der Waals surface area contributed by atoms with E-state index in [1.165, 1.54) is 13.3 Å². The molecule has 0 fully saturated rings. The van der Waals surface area contributed by atoms with Gasteiger partial charge in [0.05, 0.1) is 7.11 Å². The molecule has 1 heterocycles. The molecule has 0 amide bonds. The fraction of sp³-hybridized carbons (Fsp3) is 0.154. The van der Waals surface area contributed by atoms with Crippen molar-refractivity contribution in [2.24, 2.45) is 0 Å². The number of halogens is 2. The quantitative estimate of drug-likeness (QED) is 0.938. The molecule has 3 nitrogen and oxygen atoms in total. The fourth-order valence-corrected chi connectivity index (χ4v) is 2.32. The zero-order valence-electron chi connectivity index (χ0n) is 9.60. The zero-order chi connectivity index (χ0) is 13.1. The number of aliphatic hydroxyl groups is 1. The Balaban J connectivity index is 2.51. The van der Waals surface area contributed by atoms with Crippen molar-refractivity contribution in [1.82, 2.24) is 4.98 Å². The molecule has 1 unspecified atom stereocenters. The monoisotopic (exact) mass is 283 g/mol. The fourth-order valence-electron chi connectivity index (χ4n) is 1.71. The van der Waals surface area contributed by atoms with Gasteiger partial charge in [-0.05, 0) is 18.2 Å². The van der Waals surface area contributed by atoms with Crippen molar-refractivity contribution >= 4 is 23.2 Å². The highest BCUT2D eigenvalue weighted by molar-refractivity contribution is 6.36. The summed E-state index contributed by atoms with van der Waals surface area (Å²) in [6.45, 7) is 0. The van der Waals surface area contributed by atoms with Gasteiger partial charge in [0.15, 0.2) is 0 Å². The average Bonchev–Trinajstić information content (AvgIpc) is 2.38. The van der Waals surface area contributed by atoms with Gasteiger partial charge >= 0.3 is 0 Å². The van der Waals surface area contributed by atoms with Crippen molar-refractivity contribution in [3.05, 3.63) is 57.8 Å². The molecule has 0 spiro atoms. The predicted octanol–water partition coefficient (Wildman–Crippen LogP) is 3.48. The number of pyridine rings is 1. The van der Waals surface area contributed by atoms with E-state index in [9.17, 15) is 5.11 Å². The molecule has 94 valence electrons. The number of benzene rings is 1. The van der Waals surface area contributed by atoms with Crippen LogP contribution < -0.4 is 4.74 Å². The molecule has 1 N–H and O–H groups in total. The van der Waals surface area contributed by atoms with Crippen molar-refractivity contribution in [3.8, 4) is 5.75 Å². The molecule has 18 heavy (non-hydrogen) atoms. The molecule has 1 atom stereocenters. The van der Waals surface area contributed by atoms with Gasteiger partial charge in [0.1, 0.15) is 11.9 Å². The Hall–Kier alpha value is -1.29. The van der Waals surface area contributed by atoms with Crippen LogP contribution in [0.2, 0.25) is 10.0 Å². The molecular weight excluding hydrogens is 273 g/mol. The minimum Gasteiger partial charge on any atom is -0.496 e. The van der Waals surface area contributed by atoms with Crippen LogP contribution in [0.1, 0.15) is 17.2 Å². The molecule has 0 saturated heterocycles. The minimum absolute atomic E-state index is 0.404. The Morgan fingerprint density at radius 2 is 1.89 bits per heavy atom. The lowest BCUT2D eigenvalue weighted by Gasteiger charge is -2.16. The smallest absolute Gasteiger partial charge is 0.128 e. The largest absolute Gasteiger partial charge is 0.496 e. The molecule has 0 radical (unpaired) electrons. The summed E-state index contributed by atoms with van der Waals surface area (Å²) in [6, 6.07) is 6.74. The molecule has 0 bridgehead atoms. The summed E-state index contributed by atoms with van der Waals surface area (Å²) >= 11 is 12.1. The van der Waals surface area contributed by atoms with Crippen molar-refractivity contribution in [3.63, 3.8) is 0 Å². The standard InChI is InChI=1S/C13H11Cl2NO2/c1-18-11-5-6-16-7-8(11)13(17)12-9(14)3-2-4-10(12)15/h2-7,13,17H,1H3.